The second-order valence-electron chi connectivity index (χ2n) is 5.39. The number of nitriles is 1. The van der Waals surface area contributed by atoms with E-state index in [1.165, 1.54) is 0 Å². The molecule has 0 atom stereocenters. The van der Waals surface area contributed by atoms with Crippen LogP contribution in [0.5, 0.6) is 0 Å². The minimum atomic E-state index is 0.0615. The number of hydrogen-bond acceptors (Lipinski definition) is 3. The third-order valence-corrected chi connectivity index (χ3v) is 3.81. The molecule has 0 aliphatic rings. The topological polar surface area (TPSA) is 64.9 Å². The van der Waals surface area contributed by atoms with Gasteiger partial charge in [0.05, 0.1) is 11.6 Å². The number of nitrogens with zero attached hydrogens (tertiary/aromatic N) is 1. The molecule has 2 N–H and O–H groups in total. The molecule has 2 rings (SSSR count). The Labute approximate surface area is 137 Å². The molecule has 0 spiro atoms. The van der Waals surface area contributed by atoms with Gasteiger partial charge in [-0.05, 0) is 61.4 Å². The molecule has 0 heterocycles. The van der Waals surface area contributed by atoms with Crippen LogP contribution >= 0.6 is 0 Å². The zero-order chi connectivity index (χ0) is 16.7. The Bertz CT molecular complexity index is 680. The Morgan fingerprint density at radius 1 is 0.957 bits per heavy atom. The van der Waals surface area contributed by atoms with Gasteiger partial charge in [-0.3, -0.25) is 4.79 Å². The number of rotatable bonds is 6. The minimum Gasteiger partial charge on any atom is -0.356 e. The monoisotopic (exact) mass is 307 g/mol. The van der Waals surface area contributed by atoms with Crippen molar-refractivity contribution in [3.05, 3.63) is 54.1 Å². The van der Waals surface area contributed by atoms with Crippen molar-refractivity contribution in [2.24, 2.45) is 5.92 Å². The predicted octanol–water partition coefficient (Wildman–Crippen LogP) is 4.68. The van der Waals surface area contributed by atoms with Gasteiger partial charge in [-0.2, -0.15) is 5.26 Å². The first-order valence-electron chi connectivity index (χ1n) is 7.84. The summed E-state index contributed by atoms with van der Waals surface area (Å²) in [5.74, 6) is 0.134. The first-order chi connectivity index (χ1) is 11.2. The Hall–Kier alpha value is -2.80. The summed E-state index contributed by atoms with van der Waals surface area (Å²) in [4.78, 5) is 12.1. The van der Waals surface area contributed by atoms with Gasteiger partial charge in [0.15, 0.2) is 0 Å². The van der Waals surface area contributed by atoms with Crippen LogP contribution in [0, 0.1) is 17.2 Å². The fraction of sp³-hybridized carbons (Fsp3) is 0.263. The van der Waals surface area contributed by atoms with Crippen molar-refractivity contribution in [1.29, 1.82) is 5.26 Å². The van der Waals surface area contributed by atoms with Crippen molar-refractivity contribution in [3.63, 3.8) is 0 Å². The Morgan fingerprint density at radius 2 is 1.43 bits per heavy atom. The number of nitrogens with one attached hydrogen (secondary N) is 2. The average Bonchev–Trinajstić information content (AvgIpc) is 2.58. The van der Waals surface area contributed by atoms with Gasteiger partial charge in [0.1, 0.15) is 0 Å². The van der Waals surface area contributed by atoms with E-state index in [1.807, 2.05) is 50.2 Å². The second-order valence-corrected chi connectivity index (χ2v) is 5.39. The molecule has 118 valence electrons. The van der Waals surface area contributed by atoms with E-state index in [0.29, 0.717) is 5.56 Å². The summed E-state index contributed by atoms with van der Waals surface area (Å²) >= 11 is 0. The molecule has 0 radical (unpaired) electrons. The minimum absolute atomic E-state index is 0.0615. The van der Waals surface area contributed by atoms with Crippen molar-refractivity contribution in [2.75, 3.05) is 10.6 Å². The molecule has 2 aromatic carbocycles. The van der Waals surface area contributed by atoms with Crippen LogP contribution in [0.2, 0.25) is 0 Å². The Kier molecular flexibility index (Phi) is 5.76. The molecule has 2 aromatic rings. The summed E-state index contributed by atoms with van der Waals surface area (Å²) < 4.78 is 0. The third-order valence-electron chi connectivity index (χ3n) is 3.81. The van der Waals surface area contributed by atoms with E-state index in [-0.39, 0.29) is 11.8 Å². The van der Waals surface area contributed by atoms with Gasteiger partial charge < -0.3 is 10.6 Å². The summed E-state index contributed by atoms with van der Waals surface area (Å²) in [6, 6.07) is 17.0. The number of anilines is 3. The normalized spacial score (nSPS) is 10.2. The SMILES string of the molecule is CCC(CC)C(=O)Nc1ccc(Nc2ccc(C#N)cc2)cc1. The lowest BCUT2D eigenvalue weighted by atomic mass is 10.0. The van der Waals surface area contributed by atoms with Crippen LogP contribution in [0.3, 0.4) is 0 Å². The van der Waals surface area contributed by atoms with E-state index in [1.54, 1.807) is 12.1 Å². The third kappa shape index (κ3) is 4.58. The fourth-order valence-corrected chi connectivity index (χ4v) is 2.34. The summed E-state index contributed by atoms with van der Waals surface area (Å²) in [7, 11) is 0. The van der Waals surface area contributed by atoms with E-state index in [9.17, 15) is 4.79 Å². The fourth-order valence-electron chi connectivity index (χ4n) is 2.34. The summed E-state index contributed by atoms with van der Waals surface area (Å²) in [6.07, 6.45) is 1.70. The van der Waals surface area contributed by atoms with Crippen LogP contribution in [0.15, 0.2) is 48.5 Å². The first kappa shape index (κ1) is 16.6. The lowest BCUT2D eigenvalue weighted by Crippen LogP contribution is -2.21. The van der Waals surface area contributed by atoms with Crippen molar-refractivity contribution in [2.45, 2.75) is 26.7 Å². The molecule has 0 unspecified atom stereocenters. The number of benzene rings is 2. The highest BCUT2D eigenvalue weighted by molar-refractivity contribution is 5.92. The van der Waals surface area contributed by atoms with Crippen LogP contribution in [-0.2, 0) is 4.79 Å². The van der Waals surface area contributed by atoms with Crippen LogP contribution in [-0.4, -0.2) is 5.91 Å². The molecule has 23 heavy (non-hydrogen) atoms. The Balaban J connectivity index is 1.99. The highest BCUT2D eigenvalue weighted by atomic mass is 16.1. The number of carbonyl (C=O) groups excluding carboxylic acids is 1. The predicted molar refractivity (Wildman–Crippen MR) is 93.6 cm³/mol. The van der Waals surface area contributed by atoms with Gasteiger partial charge in [-0.25, -0.2) is 0 Å². The zero-order valence-electron chi connectivity index (χ0n) is 13.5. The maximum absolute atomic E-state index is 12.1. The van der Waals surface area contributed by atoms with E-state index in [0.717, 1.165) is 29.9 Å². The summed E-state index contributed by atoms with van der Waals surface area (Å²) in [5.41, 5.74) is 3.27. The molecule has 1 amide bonds. The molecule has 0 aromatic heterocycles. The molecule has 4 heteroatoms. The van der Waals surface area contributed by atoms with Crippen LogP contribution in [0.25, 0.3) is 0 Å². The van der Waals surface area contributed by atoms with Crippen LogP contribution in [0.1, 0.15) is 32.3 Å². The van der Waals surface area contributed by atoms with E-state index >= 15 is 0 Å². The largest absolute Gasteiger partial charge is 0.356 e. The maximum Gasteiger partial charge on any atom is 0.227 e. The molecular formula is C19H21N3O. The molecule has 0 aliphatic heterocycles. The Morgan fingerprint density at radius 3 is 1.91 bits per heavy atom. The van der Waals surface area contributed by atoms with E-state index in [4.69, 9.17) is 5.26 Å². The lowest BCUT2D eigenvalue weighted by molar-refractivity contribution is -0.120. The first-order valence-corrected chi connectivity index (χ1v) is 7.84. The molecule has 0 saturated heterocycles. The van der Waals surface area contributed by atoms with Gasteiger partial charge in [0.2, 0.25) is 5.91 Å². The number of hydrogen-bond donors (Lipinski definition) is 2. The van der Waals surface area contributed by atoms with Crippen LogP contribution in [0.4, 0.5) is 17.1 Å². The van der Waals surface area contributed by atoms with Gasteiger partial charge in [-0.1, -0.05) is 13.8 Å². The molecular weight excluding hydrogens is 286 g/mol. The number of amides is 1. The van der Waals surface area contributed by atoms with Crippen LogP contribution < -0.4 is 10.6 Å². The van der Waals surface area contributed by atoms with Crippen molar-refractivity contribution < 1.29 is 4.79 Å². The van der Waals surface area contributed by atoms with Crippen molar-refractivity contribution in [1.82, 2.24) is 0 Å². The smallest absolute Gasteiger partial charge is 0.227 e. The van der Waals surface area contributed by atoms with Gasteiger partial charge >= 0.3 is 0 Å². The van der Waals surface area contributed by atoms with E-state index in [2.05, 4.69) is 16.7 Å². The van der Waals surface area contributed by atoms with E-state index < -0.39 is 0 Å². The molecule has 0 fully saturated rings. The standard InChI is InChI=1S/C19H21N3O/c1-3-15(4-2)19(23)22-18-11-9-17(10-12-18)21-16-7-5-14(13-20)6-8-16/h5-12,15,21H,3-4H2,1-2H3,(H,22,23). The highest BCUT2D eigenvalue weighted by Crippen LogP contribution is 2.20. The zero-order valence-corrected chi connectivity index (χ0v) is 13.5. The highest BCUT2D eigenvalue weighted by Gasteiger charge is 2.13. The quantitative estimate of drug-likeness (QED) is 0.814. The second kappa shape index (κ2) is 8.00. The molecule has 0 saturated carbocycles. The van der Waals surface area contributed by atoms with Crippen molar-refractivity contribution in [3.8, 4) is 6.07 Å². The number of carbonyl (C=O) groups is 1. The molecule has 4 nitrogen and oxygen atoms in total. The average molecular weight is 307 g/mol. The molecule has 0 aliphatic carbocycles. The van der Waals surface area contributed by atoms with Crippen molar-refractivity contribution >= 4 is 23.0 Å². The lowest BCUT2D eigenvalue weighted by Gasteiger charge is -2.13. The summed E-state index contributed by atoms with van der Waals surface area (Å²) in [6.45, 7) is 4.05. The molecule has 0 bridgehead atoms. The van der Waals surface area contributed by atoms with Gasteiger partial charge in [-0.15, -0.1) is 0 Å². The van der Waals surface area contributed by atoms with Gasteiger partial charge in [0.25, 0.3) is 0 Å². The summed E-state index contributed by atoms with van der Waals surface area (Å²) in [5, 5.41) is 15.0. The maximum atomic E-state index is 12.1. The van der Waals surface area contributed by atoms with Gasteiger partial charge in [0, 0.05) is 23.0 Å².